The highest BCUT2D eigenvalue weighted by atomic mass is 35.5. The Morgan fingerprint density at radius 3 is 2.59 bits per heavy atom. The van der Waals surface area contributed by atoms with E-state index in [1.807, 2.05) is 12.1 Å². The molecule has 0 saturated heterocycles. The van der Waals surface area contributed by atoms with Gasteiger partial charge in [0, 0.05) is 29.9 Å². The van der Waals surface area contributed by atoms with E-state index < -0.39 is 12.4 Å². The molecule has 2 heterocycles. The number of rotatable bonds is 6. The number of hydrogen-bond acceptors (Lipinski definition) is 5. The average molecular weight is 415 g/mol. The van der Waals surface area contributed by atoms with Crippen LogP contribution in [0, 0.1) is 0 Å². The topological polar surface area (TPSA) is 79.8 Å². The van der Waals surface area contributed by atoms with Crippen molar-refractivity contribution in [3.63, 3.8) is 0 Å². The number of tetrazole rings is 1. The zero-order chi connectivity index (χ0) is 20.4. The van der Waals surface area contributed by atoms with E-state index in [-0.39, 0.29) is 6.61 Å². The summed E-state index contributed by atoms with van der Waals surface area (Å²) in [6.07, 6.45) is 1.74. The largest absolute Gasteiger partial charge is 0.472 e. The molecule has 0 atom stereocenters. The van der Waals surface area contributed by atoms with Gasteiger partial charge in [-0.25, -0.2) is 13.9 Å². The maximum atomic E-state index is 13.6. The van der Waals surface area contributed by atoms with Crippen LogP contribution >= 0.6 is 11.6 Å². The molecule has 0 spiro atoms. The van der Waals surface area contributed by atoms with Crippen molar-refractivity contribution in [1.29, 1.82) is 0 Å². The average Bonchev–Trinajstić information content (AvgIpc) is 3.34. The van der Waals surface area contributed by atoms with Crippen molar-refractivity contribution in [3.8, 4) is 17.3 Å². The van der Waals surface area contributed by atoms with Crippen LogP contribution in [0.3, 0.4) is 0 Å². The minimum absolute atomic E-state index is 0.00999. The van der Waals surface area contributed by atoms with Crippen LogP contribution in [-0.4, -0.2) is 29.6 Å². The molecule has 8 nitrogen and oxygen atoms in total. The Morgan fingerprint density at radius 2 is 1.90 bits per heavy atom. The molecule has 10 heteroatoms. The van der Waals surface area contributed by atoms with E-state index in [1.54, 1.807) is 47.3 Å². The third kappa shape index (κ3) is 3.77. The molecule has 4 aromatic rings. The summed E-state index contributed by atoms with van der Waals surface area (Å²) in [5.41, 5.74) is 1.70. The van der Waals surface area contributed by atoms with Crippen molar-refractivity contribution >= 4 is 11.6 Å². The summed E-state index contributed by atoms with van der Waals surface area (Å²) < 4.78 is 23.2. The van der Waals surface area contributed by atoms with Gasteiger partial charge in [0.2, 0.25) is 5.88 Å². The predicted octanol–water partition coefficient (Wildman–Crippen LogP) is 2.85. The zero-order valence-electron chi connectivity index (χ0n) is 15.4. The fraction of sp³-hybridized carbons (Fsp3) is 0.158. The smallest absolute Gasteiger partial charge is 0.368 e. The second-order valence-corrected chi connectivity index (χ2v) is 6.65. The van der Waals surface area contributed by atoms with Crippen LogP contribution in [0.25, 0.3) is 11.4 Å². The molecular formula is C19H16ClFN6O2. The molecule has 0 aliphatic rings. The number of halogens is 2. The Bertz CT molecular complexity index is 1200. The third-order valence-corrected chi connectivity index (χ3v) is 4.61. The Hall–Kier alpha value is -3.46. The Labute approximate surface area is 169 Å². The number of hydrogen-bond donors (Lipinski definition) is 0. The monoisotopic (exact) mass is 414 g/mol. The van der Waals surface area contributed by atoms with Gasteiger partial charge in [0.25, 0.3) is 0 Å². The van der Waals surface area contributed by atoms with E-state index in [9.17, 15) is 9.18 Å². The summed E-state index contributed by atoms with van der Waals surface area (Å²) in [6, 6.07) is 13.8. The van der Waals surface area contributed by atoms with Crippen LogP contribution < -0.4 is 10.4 Å². The molecular weight excluding hydrogens is 399 g/mol. The molecule has 2 aromatic heterocycles. The van der Waals surface area contributed by atoms with Crippen molar-refractivity contribution in [2.45, 2.75) is 13.3 Å². The summed E-state index contributed by atoms with van der Waals surface area (Å²) in [7, 11) is 1.49. The van der Waals surface area contributed by atoms with Gasteiger partial charge in [-0.15, -0.1) is 5.10 Å². The molecule has 0 aliphatic heterocycles. The lowest BCUT2D eigenvalue weighted by Crippen LogP contribution is -2.23. The van der Waals surface area contributed by atoms with E-state index in [0.29, 0.717) is 27.7 Å². The fourth-order valence-corrected chi connectivity index (χ4v) is 2.97. The first kappa shape index (κ1) is 18.9. The highest BCUT2D eigenvalue weighted by molar-refractivity contribution is 6.30. The normalized spacial score (nSPS) is 11.0. The SMILES string of the molecule is Cn1nnn(-c2cccc(CF)c2COc2ccn(-c3ccc(Cl)cc3)n2)c1=O. The first-order valence-corrected chi connectivity index (χ1v) is 9.05. The highest BCUT2D eigenvalue weighted by Crippen LogP contribution is 2.21. The number of aryl methyl sites for hydroxylation is 1. The molecule has 2 aromatic carbocycles. The molecule has 0 bridgehead atoms. The summed E-state index contributed by atoms with van der Waals surface area (Å²) in [5, 5.41) is 12.5. The third-order valence-electron chi connectivity index (χ3n) is 4.36. The van der Waals surface area contributed by atoms with Crippen LogP contribution in [0.4, 0.5) is 4.39 Å². The molecule has 0 fully saturated rings. The highest BCUT2D eigenvalue weighted by Gasteiger charge is 2.16. The molecule has 0 radical (unpaired) electrons. The zero-order valence-corrected chi connectivity index (χ0v) is 16.1. The van der Waals surface area contributed by atoms with E-state index in [1.165, 1.54) is 7.05 Å². The lowest BCUT2D eigenvalue weighted by molar-refractivity contribution is 0.288. The van der Waals surface area contributed by atoms with Gasteiger partial charge in [0.1, 0.15) is 13.3 Å². The number of alkyl halides is 1. The maximum Gasteiger partial charge on any atom is 0.368 e. The molecule has 0 saturated carbocycles. The van der Waals surface area contributed by atoms with Gasteiger partial charge in [-0.3, -0.25) is 0 Å². The lowest BCUT2D eigenvalue weighted by atomic mass is 10.1. The van der Waals surface area contributed by atoms with Gasteiger partial charge < -0.3 is 4.74 Å². The number of benzene rings is 2. The van der Waals surface area contributed by atoms with Crippen molar-refractivity contribution in [2.75, 3.05) is 0 Å². The van der Waals surface area contributed by atoms with Gasteiger partial charge in [0.15, 0.2) is 0 Å². The molecule has 0 amide bonds. The van der Waals surface area contributed by atoms with Crippen LogP contribution in [0.1, 0.15) is 11.1 Å². The van der Waals surface area contributed by atoms with Gasteiger partial charge in [0.05, 0.1) is 11.4 Å². The number of ether oxygens (including phenoxy) is 1. The van der Waals surface area contributed by atoms with Crippen molar-refractivity contribution in [2.24, 2.45) is 7.05 Å². The van der Waals surface area contributed by atoms with Crippen molar-refractivity contribution in [3.05, 3.63) is 81.4 Å². The lowest BCUT2D eigenvalue weighted by Gasteiger charge is -2.12. The summed E-state index contributed by atoms with van der Waals surface area (Å²) in [6.45, 7) is -0.698. The Morgan fingerprint density at radius 1 is 1.10 bits per heavy atom. The number of aromatic nitrogens is 6. The predicted molar refractivity (Wildman–Crippen MR) is 104 cm³/mol. The first-order valence-electron chi connectivity index (χ1n) is 8.67. The second kappa shape index (κ2) is 7.88. The summed E-state index contributed by atoms with van der Waals surface area (Å²) >= 11 is 5.91. The van der Waals surface area contributed by atoms with Crippen LogP contribution in [-0.2, 0) is 20.3 Å². The molecule has 4 rings (SSSR count). The van der Waals surface area contributed by atoms with Crippen LogP contribution in [0.15, 0.2) is 59.5 Å². The van der Waals surface area contributed by atoms with E-state index in [4.69, 9.17) is 16.3 Å². The van der Waals surface area contributed by atoms with Gasteiger partial charge in [-0.2, -0.15) is 9.36 Å². The minimum Gasteiger partial charge on any atom is -0.472 e. The van der Waals surface area contributed by atoms with Crippen molar-refractivity contribution in [1.82, 2.24) is 29.6 Å². The molecule has 0 aliphatic carbocycles. The van der Waals surface area contributed by atoms with Gasteiger partial charge in [-0.05, 0) is 46.3 Å². The second-order valence-electron chi connectivity index (χ2n) is 6.21. The van der Waals surface area contributed by atoms with Gasteiger partial charge in [-0.1, -0.05) is 23.7 Å². The Balaban J connectivity index is 1.61. The van der Waals surface area contributed by atoms with E-state index >= 15 is 0 Å². The van der Waals surface area contributed by atoms with Crippen molar-refractivity contribution < 1.29 is 9.13 Å². The minimum atomic E-state index is -0.708. The first-order chi connectivity index (χ1) is 14.1. The summed E-state index contributed by atoms with van der Waals surface area (Å²) in [4.78, 5) is 12.2. The Kier molecular flexibility index (Phi) is 5.13. The van der Waals surface area contributed by atoms with Crippen LogP contribution in [0.5, 0.6) is 5.88 Å². The standard InChI is InChI=1S/C19H16ClFN6O2/c1-25-19(28)27(24-23-25)17-4-2-3-13(11-21)16(17)12-29-18-9-10-26(22-18)15-7-5-14(20)6-8-15/h2-10H,11-12H2,1H3. The van der Waals surface area contributed by atoms with Crippen LogP contribution in [0.2, 0.25) is 5.02 Å². The molecule has 0 unspecified atom stereocenters. The maximum absolute atomic E-state index is 13.6. The van der Waals surface area contributed by atoms with E-state index in [2.05, 4.69) is 15.5 Å². The quantitative estimate of drug-likeness (QED) is 0.484. The van der Waals surface area contributed by atoms with E-state index in [0.717, 1.165) is 15.1 Å². The molecule has 29 heavy (non-hydrogen) atoms. The molecule has 148 valence electrons. The fourth-order valence-electron chi connectivity index (χ4n) is 2.84. The number of nitrogens with zero attached hydrogens (tertiary/aromatic N) is 6. The molecule has 0 N–H and O–H groups in total. The van der Waals surface area contributed by atoms with Gasteiger partial charge >= 0.3 is 5.69 Å². The summed E-state index contributed by atoms with van der Waals surface area (Å²) in [5.74, 6) is 0.353.